The van der Waals surface area contributed by atoms with Crippen molar-refractivity contribution in [1.29, 1.82) is 0 Å². The second kappa shape index (κ2) is 12.6. The molecule has 0 bridgehead atoms. The van der Waals surface area contributed by atoms with Crippen LogP contribution in [0.25, 0.3) is 10.9 Å². The summed E-state index contributed by atoms with van der Waals surface area (Å²) >= 11 is 6.30. The highest BCUT2D eigenvalue weighted by atomic mass is 35.5. The SMILES string of the molecule is COc1ccc2ncc(Cl)c([C@H](F)CCC3(C(=O)O)CCN(CC#Cc4cc(C(F)(F)F)cc(C(F)(F)F)c4)CC3)c2c1. The normalized spacial score (nSPS) is 16.4. The van der Waals surface area contributed by atoms with E-state index in [4.69, 9.17) is 16.3 Å². The van der Waals surface area contributed by atoms with Crippen LogP contribution in [0.1, 0.15) is 54.1 Å². The Hall–Kier alpha value is -3.56. The lowest BCUT2D eigenvalue weighted by Gasteiger charge is -2.38. The van der Waals surface area contributed by atoms with E-state index in [1.807, 2.05) is 0 Å². The van der Waals surface area contributed by atoms with Gasteiger partial charge in [-0.2, -0.15) is 26.3 Å². The van der Waals surface area contributed by atoms with E-state index >= 15 is 4.39 Å². The number of halogens is 8. The van der Waals surface area contributed by atoms with Crippen LogP contribution in [0.5, 0.6) is 5.75 Å². The van der Waals surface area contributed by atoms with Gasteiger partial charge in [-0.15, -0.1) is 0 Å². The Morgan fingerprint density at radius 1 is 1.09 bits per heavy atom. The Balaban J connectivity index is 1.43. The second-order valence-electron chi connectivity index (χ2n) is 10.4. The monoisotopic (exact) mass is 630 g/mol. The molecule has 1 fully saturated rings. The van der Waals surface area contributed by atoms with Crippen LogP contribution < -0.4 is 4.74 Å². The molecule has 1 saturated heterocycles. The highest BCUT2D eigenvalue weighted by Crippen LogP contribution is 2.42. The first-order valence-corrected chi connectivity index (χ1v) is 13.5. The summed E-state index contributed by atoms with van der Waals surface area (Å²) in [5.41, 5.74) is -3.88. The molecule has 43 heavy (non-hydrogen) atoms. The van der Waals surface area contributed by atoms with Crippen molar-refractivity contribution in [3.05, 3.63) is 69.9 Å². The molecular weight excluding hydrogens is 605 g/mol. The van der Waals surface area contributed by atoms with E-state index < -0.39 is 46.6 Å². The summed E-state index contributed by atoms with van der Waals surface area (Å²) in [6.07, 6.45) is -10.0. The molecule has 1 aromatic heterocycles. The number of hydrogen-bond acceptors (Lipinski definition) is 4. The summed E-state index contributed by atoms with van der Waals surface area (Å²) in [4.78, 5) is 18.3. The van der Waals surface area contributed by atoms with Gasteiger partial charge in [-0.3, -0.25) is 14.7 Å². The second-order valence-corrected chi connectivity index (χ2v) is 10.8. The number of methoxy groups -OCH3 is 1. The Kier molecular flexibility index (Phi) is 9.47. The van der Waals surface area contributed by atoms with Gasteiger partial charge in [0.1, 0.15) is 11.9 Å². The molecule has 2 heterocycles. The highest BCUT2D eigenvalue weighted by molar-refractivity contribution is 6.32. The number of piperidine rings is 1. The van der Waals surface area contributed by atoms with E-state index in [0.717, 1.165) is 0 Å². The van der Waals surface area contributed by atoms with E-state index in [-0.39, 0.29) is 62.0 Å². The number of benzene rings is 2. The molecule has 3 aromatic rings. The van der Waals surface area contributed by atoms with E-state index in [9.17, 15) is 36.2 Å². The number of ether oxygens (including phenoxy) is 1. The molecule has 230 valence electrons. The van der Waals surface area contributed by atoms with Gasteiger partial charge in [0.2, 0.25) is 0 Å². The lowest BCUT2D eigenvalue weighted by Crippen LogP contribution is -2.44. The molecule has 0 amide bonds. The van der Waals surface area contributed by atoms with Crippen LogP contribution in [0.4, 0.5) is 30.7 Å². The standard InChI is InChI=1S/C30H26ClF7N2O3/c1-43-21-4-5-25-22(16-21)26(23(31)17-39-25)24(32)6-7-28(27(41)42)8-11-40(12-9-28)10-2-3-18-13-19(29(33,34)35)15-20(14-18)30(36,37)38/h4-5,13-17,24H,6-12H2,1H3,(H,41,42)/t24-/m1/s1. The number of nitrogens with zero attached hydrogens (tertiary/aromatic N) is 2. The molecule has 0 spiro atoms. The molecule has 1 atom stereocenters. The van der Waals surface area contributed by atoms with Crippen LogP contribution in [-0.2, 0) is 17.1 Å². The zero-order valence-corrected chi connectivity index (χ0v) is 23.5. The Morgan fingerprint density at radius 2 is 1.72 bits per heavy atom. The fraction of sp³-hybridized carbons (Fsp3) is 0.400. The lowest BCUT2D eigenvalue weighted by molar-refractivity contribution is -0.153. The summed E-state index contributed by atoms with van der Waals surface area (Å²) in [5, 5.41) is 10.6. The minimum atomic E-state index is -4.98. The van der Waals surface area contributed by atoms with Crippen LogP contribution in [0.2, 0.25) is 5.02 Å². The van der Waals surface area contributed by atoms with E-state index in [0.29, 0.717) is 28.8 Å². The first kappa shape index (κ1) is 32.4. The first-order valence-electron chi connectivity index (χ1n) is 13.1. The summed E-state index contributed by atoms with van der Waals surface area (Å²) in [5.74, 6) is 4.36. The minimum Gasteiger partial charge on any atom is -0.497 e. The van der Waals surface area contributed by atoms with Crippen molar-refractivity contribution in [3.63, 3.8) is 0 Å². The maximum atomic E-state index is 15.6. The number of fused-ring (bicyclic) bond motifs is 1. The third-order valence-electron chi connectivity index (χ3n) is 7.65. The lowest BCUT2D eigenvalue weighted by atomic mass is 9.74. The number of pyridine rings is 1. The number of rotatable bonds is 7. The van der Waals surface area contributed by atoms with Gasteiger partial charge in [0.05, 0.1) is 40.7 Å². The van der Waals surface area contributed by atoms with Gasteiger partial charge in [0.15, 0.2) is 0 Å². The van der Waals surface area contributed by atoms with Crippen LogP contribution in [0.15, 0.2) is 42.6 Å². The maximum absolute atomic E-state index is 15.6. The van der Waals surface area contributed by atoms with Gasteiger partial charge >= 0.3 is 18.3 Å². The maximum Gasteiger partial charge on any atom is 0.416 e. The summed E-state index contributed by atoms with van der Waals surface area (Å²) in [6, 6.07) is 6.10. The minimum absolute atomic E-state index is 0.000519. The number of carboxylic acid groups (broad SMARTS) is 1. The van der Waals surface area contributed by atoms with Crippen LogP contribution >= 0.6 is 11.6 Å². The van der Waals surface area contributed by atoms with Gasteiger partial charge in [-0.25, -0.2) is 4.39 Å². The summed E-state index contributed by atoms with van der Waals surface area (Å²) in [6.45, 7) is 0.481. The van der Waals surface area contributed by atoms with Crippen molar-refractivity contribution in [2.75, 3.05) is 26.7 Å². The Labute approximate surface area is 247 Å². The molecule has 1 N–H and O–H groups in total. The quantitative estimate of drug-likeness (QED) is 0.212. The van der Waals surface area contributed by atoms with Gasteiger partial charge in [0.25, 0.3) is 0 Å². The number of alkyl halides is 7. The molecule has 1 aliphatic heterocycles. The van der Waals surface area contributed by atoms with Gasteiger partial charge < -0.3 is 9.84 Å². The topological polar surface area (TPSA) is 62.7 Å². The summed E-state index contributed by atoms with van der Waals surface area (Å²) < 4.78 is 99.5. The number of carbonyl (C=O) groups is 1. The van der Waals surface area contributed by atoms with Crippen molar-refractivity contribution in [2.24, 2.45) is 5.41 Å². The Morgan fingerprint density at radius 3 is 2.28 bits per heavy atom. The number of carboxylic acids is 1. The average molecular weight is 631 g/mol. The molecule has 2 aromatic carbocycles. The van der Waals surface area contributed by atoms with Gasteiger partial charge in [-0.05, 0) is 62.1 Å². The first-order chi connectivity index (χ1) is 20.1. The fourth-order valence-electron chi connectivity index (χ4n) is 5.15. The largest absolute Gasteiger partial charge is 0.497 e. The van der Waals surface area contributed by atoms with Crippen molar-refractivity contribution >= 4 is 28.5 Å². The van der Waals surface area contributed by atoms with Gasteiger partial charge in [0, 0.05) is 35.8 Å². The molecule has 5 nitrogen and oxygen atoms in total. The molecular formula is C30H26ClF7N2O3. The number of aromatic nitrogens is 1. The zero-order valence-electron chi connectivity index (χ0n) is 22.8. The van der Waals surface area contributed by atoms with Crippen LogP contribution in [-0.4, -0.2) is 47.7 Å². The molecule has 0 saturated carbocycles. The molecule has 0 aliphatic carbocycles. The van der Waals surface area contributed by atoms with Crippen molar-refractivity contribution < 1.29 is 45.4 Å². The van der Waals surface area contributed by atoms with E-state index in [2.05, 4.69) is 16.8 Å². The van der Waals surface area contributed by atoms with E-state index in [1.54, 1.807) is 23.1 Å². The molecule has 13 heteroatoms. The van der Waals surface area contributed by atoms with Gasteiger partial charge in [-0.1, -0.05) is 23.4 Å². The molecule has 0 unspecified atom stereocenters. The molecule has 4 rings (SSSR count). The fourth-order valence-corrected chi connectivity index (χ4v) is 5.42. The predicted molar refractivity (Wildman–Crippen MR) is 145 cm³/mol. The zero-order chi connectivity index (χ0) is 31.6. The van der Waals surface area contributed by atoms with Crippen molar-refractivity contribution in [3.8, 4) is 17.6 Å². The van der Waals surface area contributed by atoms with Crippen LogP contribution in [0.3, 0.4) is 0 Å². The number of hydrogen-bond donors (Lipinski definition) is 1. The average Bonchev–Trinajstić information content (AvgIpc) is 2.95. The van der Waals surface area contributed by atoms with E-state index in [1.165, 1.54) is 13.3 Å². The predicted octanol–water partition coefficient (Wildman–Crippen LogP) is 7.94. The number of likely N-dealkylation sites (tertiary alicyclic amines) is 1. The van der Waals surface area contributed by atoms with Crippen LogP contribution in [0, 0.1) is 17.3 Å². The smallest absolute Gasteiger partial charge is 0.416 e. The highest BCUT2D eigenvalue weighted by Gasteiger charge is 2.42. The number of aliphatic carboxylic acids is 1. The molecule has 1 aliphatic rings. The Bertz CT molecular complexity index is 1520. The molecule has 0 radical (unpaired) electrons. The third-order valence-corrected chi connectivity index (χ3v) is 7.95. The van der Waals surface area contributed by atoms with Crippen molar-refractivity contribution in [2.45, 2.75) is 44.2 Å². The van der Waals surface area contributed by atoms with Crippen molar-refractivity contribution in [1.82, 2.24) is 9.88 Å². The summed E-state index contributed by atoms with van der Waals surface area (Å²) in [7, 11) is 1.47. The third kappa shape index (κ3) is 7.51.